The van der Waals surface area contributed by atoms with E-state index in [1.807, 2.05) is 0 Å². The van der Waals surface area contributed by atoms with E-state index in [9.17, 15) is 9.59 Å². The van der Waals surface area contributed by atoms with Crippen molar-refractivity contribution in [3.8, 4) is 0 Å². The van der Waals surface area contributed by atoms with Crippen LogP contribution in [0.4, 0.5) is 0 Å². The second-order valence-corrected chi connectivity index (χ2v) is 3.92. The van der Waals surface area contributed by atoms with E-state index in [1.165, 1.54) is 0 Å². The molecule has 0 atom stereocenters. The van der Waals surface area contributed by atoms with Gasteiger partial charge in [0.2, 0.25) is 0 Å². The zero-order valence-corrected chi connectivity index (χ0v) is 9.54. The molecule has 0 aromatic carbocycles. The summed E-state index contributed by atoms with van der Waals surface area (Å²) in [7, 11) is 0. The zero-order chi connectivity index (χ0) is 11.5. The molecule has 15 heavy (non-hydrogen) atoms. The maximum atomic E-state index is 11.7. The topological polar surface area (TPSA) is 52.6 Å². The average Bonchev–Trinajstić information content (AvgIpc) is 3.00. The van der Waals surface area contributed by atoms with Crippen LogP contribution in [0.3, 0.4) is 0 Å². The second-order valence-electron chi connectivity index (χ2n) is 3.92. The first-order valence-corrected chi connectivity index (χ1v) is 5.41. The molecule has 1 aliphatic carbocycles. The van der Waals surface area contributed by atoms with E-state index in [4.69, 9.17) is 9.47 Å². The molecule has 0 aliphatic heterocycles. The number of ether oxygens (including phenoxy) is 2. The Balaban J connectivity index is 2.77. The lowest BCUT2D eigenvalue weighted by Gasteiger charge is -2.24. The lowest BCUT2D eigenvalue weighted by atomic mass is 9.85. The third kappa shape index (κ3) is 2.30. The summed E-state index contributed by atoms with van der Waals surface area (Å²) in [5, 5.41) is 0. The largest absolute Gasteiger partial charge is 0.465 e. The first-order valence-electron chi connectivity index (χ1n) is 5.41. The molecule has 1 saturated carbocycles. The molecular formula is C11H18O4. The minimum atomic E-state index is -1.09. The van der Waals surface area contributed by atoms with Gasteiger partial charge in [0.05, 0.1) is 13.2 Å². The highest BCUT2D eigenvalue weighted by Crippen LogP contribution is 2.47. The molecular weight excluding hydrogens is 196 g/mol. The van der Waals surface area contributed by atoms with Gasteiger partial charge in [0, 0.05) is 0 Å². The van der Waals surface area contributed by atoms with E-state index in [0.717, 1.165) is 12.8 Å². The van der Waals surface area contributed by atoms with Crippen LogP contribution in [-0.4, -0.2) is 25.2 Å². The number of esters is 2. The second kappa shape index (κ2) is 4.64. The van der Waals surface area contributed by atoms with Gasteiger partial charge in [-0.2, -0.15) is 0 Å². The maximum absolute atomic E-state index is 11.7. The summed E-state index contributed by atoms with van der Waals surface area (Å²) in [6.07, 6.45) is 1.79. The maximum Gasteiger partial charge on any atom is 0.323 e. The summed E-state index contributed by atoms with van der Waals surface area (Å²) in [5.41, 5.74) is -1.09. The normalized spacial score (nSPS) is 15.9. The van der Waals surface area contributed by atoms with Gasteiger partial charge in [-0.15, -0.1) is 0 Å². The van der Waals surface area contributed by atoms with Gasteiger partial charge in [0.1, 0.15) is 0 Å². The van der Waals surface area contributed by atoms with Crippen LogP contribution in [0, 0.1) is 11.3 Å². The van der Waals surface area contributed by atoms with Gasteiger partial charge in [0.15, 0.2) is 5.41 Å². The highest BCUT2D eigenvalue weighted by atomic mass is 16.6. The number of carbonyl (C=O) groups is 2. The predicted molar refractivity (Wildman–Crippen MR) is 54.1 cm³/mol. The van der Waals surface area contributed by atoms with Crippen molar-refractivity contribution < 1.29 is 19.1 Å². The Bertz CT molecular complexity index is 237. The number of hydrogen-bond acceptors (Lipinski definition) is 4. The monoisotopic (exact) mass is 214 g/mol. The molecule has 1 fully saturated rings. The van der Waals surface area contributed by atoms with Crippen LogP contribution in [0.25, 0.3) is 0 Å². The summed E-state index contributed by atoms with van der Waals surface area (Å²) in [5.74, 6) is -0.813. The molecule has 0 spiro atoms. The van der Waals surface area contributed by atoms with Gasteiger partial charge >= 0.3 is 11.9 Å². The van der Waals surface area contributed by atoms with Gasteiger partial charge in [-0.1, -0.05) is 0 Å². The minimum absolute atomic E-state index is 0.0931. The highest BCUT2D eigenvalue weighted by Gasteiger charge is 2.55. The lowest BCUT2D eigenvalue weighted by molar-refractivity contribution is -0.172. The van der Waals surface area contributed by atoms with Crippen molar-refractivity contribution in [3.63, 3.8) is 0 Å². The molecule has 4 heteroatoms. The van der Waals surface area contributed by atoms with Gasteiger partial charge in [-0.3, -0.25) is 9.59 Å². The first-order chi connectivity index (χ1) is 7.07. The molecule has 4 nitrogen and oxygen atoms in total. The van der Waals surface area contributed by atoms with Crippen molar-refractivity contribution in [2.24, 2.45) is 11.3 Å². The fourth-order valence-corrected chi connectivity index (χ4v) is 1.64. The molecule has 0 saturated heterocycles. The summed E-state index contributed by atoms with van der Waals surface area (Å²) >= 11 is 0. The molecule has 0 aromatic rings. The SMILES string of the molecule is CCOC(=O)C(C)(C(=O)OCC)C1CC1. The molecule has 1 rings (SSSR count). The Morgan fingerprint density at radius 1 is 1.13 bits per heavy atom. The summed E-state index contributed by atoms with van der Waals surface area (Å²) in [6.45, 7) is 5.68. The average molecular weight is 214 g/mol. The Labute approximate surface area is 89.9 Å². The zero-order valence-electron chi connectivity index (χ0n) is 9.54. The molecule has 0 heterocycles. The molecule has 0 aromatic heterocycles. The molecule has 1 aliphatic rings. The molecule has 0 bridgehead atoms. The molecule has 0 N–H and O–H groups in total. The fourth-order valence-electron chi connectivity index (χ4n) is 1.64. The van der Waals surface area contributed by atoms with E-state index in [0.29, 0.717) is 13.2 Å². The van der Waals surface area contributed by atoms with Crippen molar-refractivity contribution in [1.82, 2.24) is 0 Å². The molecule has 0 unspecified atom stereocenters. The fraction of sp³-hybridized carbons (Fsp3) is 0.818. The Hall–Kier alpha value is -1.06. The van der Waals surface area contributed by atoms with Crippen LogP contribution in [-0.2, 0) is 19.1 Å². The smallest absolute Gasteiger partial charge is 0.323 e. The first kappa shape index (κ1) is 12.0. The van der Waals surface area contributed by atoms with Crippen LogP contribution >= 0.6 is 0 Å². The van der Waals surface area contributed by atoms with Gasteiger partial charge in [0.25, 0.3) is 0 Å². The summed E-state index contributed by atoms with van der Waals surface area (Å²) in [6, 6.07) is 0. The van der Waals surface area contributed by atoms with E-state index < -0.39 is 17.4 Å². The third-order valence-corrected chi connectivity index (χ3v) is 2.79. The number of hydrogen-bond donors (Lipinski definition) is 0. The van der Waals surface area contributed by atoms with Crippen LogP contribution in [0.2, 0.25) is 0 Å². The van der Waals surface area contributed by atoms with E-state index in [2.05, 4.69) is 0 Å². The quantitative estimate of drug-likeness (QED) is 0.514. The van der Waals surface area contributed by atoms with Crippen molar-refractivity contribution in [2.75, 3.05) is 13.2 Å². The predicted octanol–water partition coefficient (Wildman–Crippen LogP) is 1.53. The van der Waals surface area contributed by atoms with Crippen LogP contribution in [0.5, 0.6) is 0 Å². The van der Waals surface area contributed by atoms with Crippen LogP contribution < -0.4 is 0 Å². The number of rotatable bonds is 5. The standard InChI is InChI=1S/C11H18O4/c1-4-14-9(12)11(3,8-6-7-8)10(13)15-5-2/h8H,4-7H2,1-3H3. The van der Waals surface area contributed by atoms with Gasteiger partial charge in [-0.05, 0) is 39.5 Å². The molecule has 0 amide bonds. The molecule has 0 radical (unpaired) electrons. The summed E-state index contributed by atoms with van der Waals surface area (Å²) < 4.78 is 9.87. The van der Waals surface area contributed by atoms with Crippen molar-refractivity contribution >= 4 is 11.9 Å². The molecule has 86 valence electrons. The third-order valence-electron chi connectivity index (χ3n) is 2.79. The summed E-state index contributed by atoms with van der Waals surface area (Å²) in [4.78, 5) is 23.5. The lowest BCUT2D eigenvalue weighted by Crippen LogP contribution is -2.41. The number of carbonyl (C=O) groups excluding carboxylic acids is 2. The van der Waals surface area contributed by atoms with Crippen molar-refractivity contribution in [2.45, 2.75) is 33.6 Å². The van der Waals surface area contributed by atoms with Gasteiger partial charge in [-0.25, -0.2) is 0 Å². The van der Waals surface area contributed by atoms with E-state index in [1.54, 1.807) is 20.8 Å². The van der Waals surface area contributed by atoms with E-state index >= 15 is 0 Å². The minimum Gasteiger partial charge on any atom is -0.465 e. The van der Waals surface area contributed by atoms with Crippen LogP contribution in [0.15, 0.2) is 0 Å². The Morgan fingerprint density at radius 3 is 1.80 bits per heavy atom. The van der Waals surface area contributed by atoms with Crippen molar-refractivity contribution in [3.05, 3.63) is 0 Å². The Kier molecular flexibility index (Phi) is 3.72. The van der Waals surface area contributed by atoms with E-state index in [-0.39, 0.29) is 5.92 Å². The van der Waals surface area contributed by atoms with Gasteiger partial charge < -0.3 is 9.47 Å². The Morgan fingerprint density at radius 2 is 1.53 bits per heavy atom. The highest BCUT2D eigenvalue weighted by molar-refractivity contribution is 6.00. The van der Waals surface area contributed by atoms with Crippen LogP contribution in [0.1, 0.15) is 33.6 Å². The van der Waals surface area contributed by atoms with Crippen molar-refractivity contribution in [1.29, 1.82) is 0 Å².